The van der Waals surface area contributed by atoms with E-state index in [-0.39, 0.29) is 11.3 Å². The molecule has 0 amide bonds. The Morgan fingerprint density at radius 2 is 2.17 bits per heavy atom. The van der Waals surface area contributed by atoms with Crippen molar-refractivity contribution in [3.05, 3.63) is 28.4 Å². The molecule has 6 heteroatoms. The molecule has 1 atom stereocenters. The van der Waals surface area contributed by atoms with Gasteiger partial charge in [-0.2, -0.15) is 5.26 Å². The molecule has 0 aliphatic carbocycles. The van der Waals surface area contributed by atoms with E-state index in [1.54, 1.807) is 26.8 Å². The highest BCUT2D eigenvalue weighted by atomic mass is 16.6. The molecule has 1 unspecified atom stereocenters. The first-order valence-electron chi connectivity index (χ1n) is 5.39. The Balaban J connectivity index is 3.04. The molecule has 0 radical (unpaired) electrons. The van der Waals surface area contributed by atoms with Crippen molar-refractivity contribution in [1.82, 2.24) is 9.55 Å². The van der Waals surface area contributed by atoms with Gasteiger partial charge in [-0.15, -0.1) is 0 Å². The minimum Gasteiger partial charge on any atom is -0.459 e. The van der Waals surface area contributed by atoms with Crippen molar-refractivity contribution in [3.8, 4) is 6.07 Å². The van der Waals surface area contributed by atoms with Crippen molar-refractivity contribution in [2.75, 3.05) is 0 Å². The van der Waals surface area contributed by atoms with Crippen LogP contribution in [0.15, 0.2) is 17.2 Å². The Hall–Kier alpha value is -2.16. The molecular weight excluding hydrogens is 234 g/mol. The van der Waals surface area contributed by atoms with Gasteiger partial charge in [0, 0.05) is 13.1 Å². The van der Waals surface area contributed by atoms with Gasteiger partial charge >= 0.3 is 5.97 Å². The average molecular weight is 249 g/mol. The lowest BCUT2D eigenvalue weighted by Gasteiger charge is -2.21. The third kappa shape index (κ3) is 3.42. The van der Waals surface area contributed by atoms with Crippen molar-refractivity contribution in [3.63, 3.8) is 0 Å². The Kier molecular flexibility index (Phi) is 3.86. The van der Waals surface area contributed by atoms with Gasteiger partial charge in [-0.1, -0.05) is 0 Å². The average Bonchev–Trinajstić information content (AvgIpc) is 2.21. The number of aromatic nitrogens is 2. The van der Waals surface area contributed by atoms with Crippen LogP contribution in [0.5, 0.6) is 0 Å². The van der Waals surface area contributed by atoms with Crippen molar-refractivity contribution >= 4 is 5.97 Å². The van der Waals surface area contributed by atoms with Gasteiger partial charge < -0.3 is 9.30 Å². The SMILES string of the molecule is Cn1cnc(C(C#N)C(=O)OC(C)(C)C)cc1=O. The topological polar surface area (TPSA) is 85.0 Å². The molecule has 0 saturated heterocycles. The van der Waals surface area contributed by atoms with E-state index in [9.17, 15) is 9.59 Å². The minimum absolute atomic E-state index is 0.106. The second kappa shape index (κ2) is 5.00. The number of carbonyl (C=O) groups is 1. The third-order valence-electron chi connectivity index (χ3n) is 2.07. The van der Waals surface area contributed by atoms with E-state index >= 15 is 0 Å². The van der Waals surface area contributed by atoms with Crippen molar-refractivity contribution in [2.24, 2.45) is 7.05 Å². The highest BCUT2D eigenvalue weighted by Gasteiger charge is 2.27. The van der Waals surface area contributed by atoms with E-state index in [0.29, 0.717) is 0 Å². The molecule has 0 aliphatic heterocycles. The molecule has 0 saturated carbocycles. The Morgan fingerprint density at radius 3 is 2.61 bits per heavy atom. The predicted octanol–water partition coefficient (Wildman–Crippen LogP) is 0.729. The zero-order valence-electron chi connectivity index (χ0n) is 10.8. The van der Waals surface area contributed by atoms with Crippen LogP contribution < -0.4 is 5.56 Å². The number of rotatable bonds is 2. The molecule has 1 aromatic rings. The highest BCUT2D eigenvalue weighted by Crippen LogP contribution is 2.17. The maximum Gasteiger partial charge on any atom is 0.330 e. The molecule has 1 rings (SSSR count). The quantitative estimate of drug-likeness (QED) is 0.721. The molecule has 0 N–H and O–H groups in total. The first-order valence-corrected chi connectivity index (χ1v) is 5.39. The van der Waals surface area contributed by atoms with Crippen LogP contribution in [0.3, 0.4) is 0 Å². The maximum absolute atomic E-state index is 11.8. The zero-order valence-corrected chi connectivity index (χ0v) is 10.8. The summed E-state index contributed by atoms with van der Waals surface area (Å²) < 4.78 is 6.36. The molecule has 96 valence electrons. The van der Waals surface area contributed by atoms with E-state index in [0.717, 1.165) is 6.07 Å². The molecule has 0 bridgehead atoms. The van der Waals surface area contributed by atoms with Gasteiger partial charge in [-0.05, 0) is 20.8 Å². The summed E-state index contributed by atoms with van der Waals surface area (Å²) in [7, 11) is 1.54. The highest BCUT2D eigenvalue weighted by molar-refractivity contribution is 5.80. The summed E-state index contributed by atoms with van der Waals surface area (Å²) in [5, 5.41) is 9.01. The number of carbonyl (C=O) groups excluding carboxylic acids is 1. The van der Waals surface area contributed by atoms with Gasteiger partial charge in [0.15, 0.2) is 5.92 Å². The number of ether oxygens (including phenoxy) is 1. The van der Waals surface area contributed by atoms with Crippen LogP contribution in [-0.4, -0.2) is 21.1 Å². The zero-order chi connectivity index (χ0) is 13.9. The predicted molar refractivity (Wildman–Crippen MR) is 63.7 cm³/mol. The molecule has 0 spiro atoms. The minimum atomic E-state index is -1.18. The number of nitrogens with zero attached hydrogens (tertiary/aromatic N) is 3. The van der Waals surface area contributed by atoms with Gasteiger partial charge in [-0.25, -0.2) is 4.98 Å². The normalized spacial score (nSPS) is 12.6. The van der Waals surface area contributed by atoms with Gasteiger partial charge in [0.1, 0.15) is 5.60 Å². The number of esters is 1. The van der Waals surface area contributed by atoms with E-state index < -0.39 is 17.5 Å². The summed E-state index contributed by atoms with van der Waals surface area (Å²) in [5.74, 6) is -1.89. The number of hydrogen-bond donors (Lipinski definition) is 0. The molecule has 6 nitrogen and oxygen atoms in total. The van der Waals surface area contributed by atoms with Gasteiger partial charge in [0.05, 0.1) is 18.1 Å². The summed E-state index contributed by atoms with van der Waals surface area (Å²) in [6.07, 6.45) is 1.27. The summed E-state index contributed by atoms with van der Waals surface area (Å²) in [5.41, 5.74) is -0.912. The van der Waals surface area contributed by atoms with Crippen LogP contribution in [0, 0.1) is 11.3 Å². The largest absolute Gasteiger partial charge is 0.459 e. The monoisotopic (exact) mass is 249 g/mol. The van der Waals surface area contributed by atoms with E-state index in [4.69, 9.17) is 10.00 Å². The fourth-order valence-electron chi connectivity index (χ4n) is 1.23. The molecular formula is C12H15N3O3. The van der Waals surface area contributed by atoms with Crippen molar-refractivity contribution in [2.45, 2.75) is 32.3 Å². The molecule has 0 fully saturated rings. The summed E-state index contributed by atoms with van der Waals surface area (Å²) in [6.45, 7) is 5.12. The Morgan fingerprint density at radius 1 is 1.56 bits per heavy atom. The van der Waals surface area contributed by atoms with Gasteiger partial charge in [0.2, 0.25) is 0 Å². The Bertz CT molecular complexity index is 549. The van der Waals surface area contributed by atoms with Crippen LogP contribution >= 0.6 is 0 Å². The van der Waals surface area contributed by atoms with Crippen molar-refractivity contribution in [1.29, 1.82) is 5.26 Å². The van der Waals surface area contributed by atoms with Crippen molar-refractivity contribution < 1.29 is 9.53 Å². The standard InChI is InChI=1S/C12H15N3O3/c1-12(2,3)18-11(17)8(6-13)9-5-10(16)15(4)7-14-9/h5,7-8H,1-4H3. The molecule has 1 heterocycles. The molecule has 18 heavy (non-hydrogen) atoms. The number of aryl methyl sites for hydroxylation is 1. The van der Waals surface area contributed by atoms with E-state index in [1.807, 2.05) is 0 Å². The molecule has 1 aromatic heterocycles. The number of nitriles is 1. The Labute approximate surface area is 105 Å². The van der Waals surface area contributed by atoms with E-state index in [1.165, 1.54) is 17.9 Å². The van der Waals surface area contributed by atoms with Gasteiger partial charge in [-0.3, -0.25) is 9.59 Å². The van der Waals surface area contributed by atoms with E-state index in [2.05, 4.69) is 4.98 Å². The van der Waals surface area contributed by atoms with Crippen LogP contribution in [-0.2, 0) is 16.6 Å². The number of hydrogen-bond acceptors (Lipinski definition) is 5. The lowest BCUT2D eigenvalue weighted by molar-refractivity contribution is -0.155. The second-order valence-corrected chi connectivity index (χ2v) is 4.86. The van der Waals surface area contributed by atoms with Crippen LogP contribution in [0.25, 0.3) is 0 Å². The lowest BCUT2D eigenvalue weighted by Crippen LogP contribution is -2.28. The fraction of sp³-hybridized carbons (Fsp3) is 0.500. The first kappa shape index (κ1) is 13.9. The summed E-state index contributed by atoms with van der Waals surface area (Å²) >= 11 is 0. The van der Waals surface area contributed by atoms with Crippen LogP contribution in [0.4, 0.5) is 0 Å². The fourth-order valence-corrected chi connectivity index (χ4v) is 1.23. The second-order valence-electron chi connectivity index (χ2n) is 4.86. The maximum atomic E-state index is 11.8. The summed E-state index contributed by atoms with van der Waals surface area (Å²) in [6, 6.07) is 2.97. The molecule has 0 aromatic carbocycles. The first-order chi connectivity index (χ1) is 8.24. The van der Waals surface area contributed by atoms with Crippen LogP contribution in [0.1, 0.15) is 32.4 Å². The van der Waals surface area contributed by atoms with Crippen LogP contribution in [0.2, 0.25) is 0 Å². The molecule has 0 aliphatic rings. The van der Waals surface area contributed by atoms with Gasteiger partial charge in [0.25, 0.3) is 5.56 Å². The third-order valence-corrected chi connectivity index (χ3v) is 2.07. The smallest absolute Gasteiger partial charge is 0.330 e. The summed E-state index contributed by atoms with van der Waals surface area (Å²) in [4.78, 5) is 27.1. The lowest BCUT2D eigenvalue weighted by atomic mass is 10.1.